The molecule has 0 radical (unpaired) electrons. The summed E-state index contributed by atoms with van der Waals surface area (Å²) in [6.07, 6.45) is 0. The zero-order valence-electron chi connectivity index (χ0n) is 32.6. The van der Waals surface area contributed by atoms with E-state index < -0.39 is 0 Å². The van der Waals surface area contributed by atoms with Crippen LogP contribution in [0.2, 0.25) is 0 Å². The molecule has 2 heterocycles. The Labute approximate surface area is 348 Å². The fourth-order valence-corrected chi connectivity index (χ4v) is 8.18. The van der Waals surface area contributed by atoms with E-state index in [9.17, 15) is 0 Å². The quantitative estimate of drug-likeness (QED) is 0.152. The second-order valence-corrected chi connectivity index (χ2v) is 15.1. The van der Waals surface area contributed by atoms with Gasteiger partial charge in [-0.15, -0.1) is 0 Å². The van der Waals surface area contributed by atoms with Crippen LogP contribution in [0.25, 0.3) is 111 Å². The second kappa shape index (κ2) is 15.0. The lowest BCUT2D eigenvalue weighted by molar-refractivity contribution is 1.07. The molecule has 0 spiro atoms. The highest BCUT2D eigenvalue weighted by Gasteiger charge is 2.14. The van der Waals surface area contributed by atoms with Crippen LogP contribution < -0.4 is 0 Å². The van der Waals surface area contributed by atoms with Gasteiger partial charge in [0.25, 0.3) is 0 Å². The number of nitrogens with zero attached hydrogens (tertiary/aromatic N) is 4. The summed E-state index contributed by atoms with van der Waals surface area (Å²) in [4.78, 5) is 20.2. The third-order valence-electron chi connectivity index (χ3n) is 11.3. The van der Waals surface area contributed by atoms with Gasteiger partial charge in [-0.2, -0.15) is 0 Å². The molecule has 0 saturated heterocycles. The van der Waals surface area contributed by atoms with Gasteiger partial charge in [0.2, 0.25) is 0 Å². The molecule has 4 nitrogen and oxygen atoms in total. The maximum absolute atomic E-state index is 5.22. The lowest BCUT2D eigenvalue weighted by Crippen LogP contribution is -2.00. The number of fused-ring (bicyclic) bond motifs is 5. The van der Waals surface area contributed by atoms with Crippen molar-refractivity contribution in [2.45, 2.75) is 0 Å². The van der Waals surface area contributed by atoms with Crippen LogP contribution >= 0.6 is 0 Å². The topological polar surface area (TPSA) is 51.6 Å². The number of hydrogen-bond donors (Lipinski definition) is 0. The van der Waals surface area contributed by atoms with Gasteiger partial charge < -0.3 is 0 Å². The van der Waals surface area contributed by atoms with E-state index >= 15 is 0 Å². The molecule has 11 aromatic rings. The van der Waals surface area contributed by atoms with E-state index in [2.05, 4.69) is 182 Å². The first-order chi connectivity index (χ1) is 29.7. The van der Waals surface area contributed by atoms with Crippen molar-refractivity contribution in [1.82, 2.24) is 19.9 Å². The van der Waals surface area contributed by atoms with Crippen molar-refractivity contribution in [3.63, 3.8) is 0 Å². The van der Waals surface area contributed by atoms with Crippen LogP contribution in [0.5, 0.6) is 0 Å². The van der Waals surface area contributed by atoms with Crippen molar-refractivity contribution in [3.05, 3.63) is 218 Å². The van der Waals surface area contributed by atoms with E-state index in [1.807, 2.05) is 36.4 Å². The molecule has 280 valence electrons. The molecule has 11 rings (SSSR count). The van der Waals surface area contributed by atoms with Crippen molar-refractivity contribution in [2.24, 2.45) is 0 Å². The SMILES string of the molecule is c1ccc(-c2ccc(-c3nc(-c4ccccc4)nc(-c4cccc(-c5cccc(-c6ccc(-c7ccc8ccc9c%10ccccc%10ccc9c8n7)cc6)c5)c4)n3)cc2)cc1. The Bertz CT molecular complexity index is 3340. The largest absolute Gasteiger partial charge is 0.247 e. The van der Waals surface area contributed by atoms with Crippen LogP contribution in [0.15, 0.2) is 218 Å². The first kappa shape index (κ1) is 35.1. The monoisotopic (exact) mass is 764 g/mol. The molecule has 0 atom stereocenters. The van der Waals surface area contributed by atoms with Crippen LogP contribution in [0.3, 0.4) is 0 Å². The Kier molecular flexibility index (Phi) is 8.79. The molecule has 2 aromatic heterocycles. The third kappa shape index (κ3) is 6.66. The minimum absolute atomic E-state index is 0.628. The summed E-state index contributed by atoms with van der Waals surface area (Å²) in [5.41, 5.74) is 12.7. The van der Waals surface area contributed by atoms with E-state index in [0.717, 1.165) is 66.7 Å². The molecule has 9 aromatic carbocycles. The smallest absolute Gasteiger partial charge is 0.164 e. The average Bonchev–Trinajstić information content (AvgIpc) is 3.34. The Balaban J connectivity index is 0.905. The van der Waals surface area contributed by atoms with Crippen LogP contribution in [0, 0.1) is 0 Å². The van der Waals surface area contributed by atoms with Gasteiger partial charge in [-0.1, -0.05) is 200 Å². The Morgan fingerprint density at radius 1 is 0.217 bits per heavy atom. The predicted octanol–water partition coefficient (Wildman–Crippen LogP) is 14.4. The van der Waals surface area contributed by atoms with Crippen LogP contribution in [-0.2, 0) is 0 Å². The normalized spacial score (nSPS) is 11.3. The van der Waals surface area contributed by atoms with E-state index in [0.29, 0.717) is 17.5 Å². The summed E-state index contributed by atoms with van der Waals surface area (Å²) in [6, 6.07) is 76.5. The number of aromatic nitrogens is 4. The van der Waals surface area contributed by atoms with Gasteiger partial charge >= 0.3 is 0 Å². The molecular weight excluding hydrogens is 729 g/mol. The van der Waals surface area contributed by atoms with Crippen molar-refractivity contribution in [3.8, 4) is 78.8 Å². The highest BCUT2D eigenvalue weighted by atomic mass is 15.0. The van der Waals surface area contributed by atoms with Gasteiger partial charge in [-0.25, -0.2) is 19.9 Å². The first-order valence-corrected chi connectivity index (χ1v) is 20.2. The van der Waals surface area contributed by atoms with Crippen molar-refractivity contribution >= 4 is 32.4 Å². The molecule has 0 aliphatic heterocycles. The molecule has 0 fully saturated rings. The Hall–Kier alpha value is -8.08. The molecule has 0 amide bonds. The molecule has 0 unspecified atom stereocenters. The fourth-order valence-electron chi connectivity index (χ4n) is 8.18. The maximum Gasteiger partial charge on any atom is 0.164 e. The predicted molar refractivity (Wildman–Crippen MR) is 248 cm³/mol. The minimum Gasteiger partial charge on any atom is -0.247 e. The van der Waals surface area contributed by atoms with E-state index in [1.165, 1.54) is 27.1 Å². The van der Waals surface area contributed by atoms with Crippen LogP contribution in [0.1, 0.15) is 0 Å². The van der Waals surface area contributed by atoms with Crippen molar-refractivity contribution < 1.29 is 0 Å². The summed E-state index contributed by atoms with van der Waals surface area (Å²) >= 11 is 0. The van der Waals surface area contributed by atoms with Gasteiger partial charge in [-0.3, -0.25) is 0 Å². The summed E-state index contributed by atoms with van der Waals surface area (Å²) in [5, 5.41) is 6.03. The van der Waals surface area contributed by atoms with Gasteiger partial charge in [0.1, 0.15) is 0 Å². The number of pyridine rings is 1. The van der Waals surface area contributed by atoms with Crippen LogP contribution in [-0.4, -0.2) is 19.9 Å². The first-order valence-electron chi connectivity index (χ1n) is 20.2. The molecule has 0 bridgehead atoms. The molecule has 0 N–H and O–H groups in total. The van der Waals surface area contributed by atoms with E-state index in [4.69, 9.17) is 19.9 Å². The number of rotatable bonds is 7. The summed E-state index contributed by atoms with van der Waals surface area (Å²) in [5.74, 6) is 1.90. The molecular formula is C56H36N4. The molecule has 60 heavy (non-hydrogen) atoms. The van der Waals surface area contributed by atoms with Gasteiger partial charge in [-0.05, 0) is 67.7 Å². The third-order valence-corrected chi connectivity index (χ3v) is 11.3. The van der Waals surface area contributed by atoms with Crippen LogP contribution in [0.4, 0.5) is 0 Å². The summed E-state index contributed by atoms with van der Waals surface area (Å²) < 4.78 is 0. The average molecular weight is 765 g/mol. The maximum atomic E-state index is 5.22. The lowest BCUT2D eigenvalue weighted by Gasteiger charge is -2.11. The summed E-state index contributed by atoms with van der Waals surface area (Å²) in [7, 11) is 0. The standard InChI is InChI=1S/C56H36N4/c1-3-11-37(12-4-1)38-23-27-44(28-24-38)55-58-54(43-14-5-2-6-15-43)59-56(60-55)48-19-10-18-47(36-48)46-17-9-16-45(35-46)39-21-25-41(26-22-39)52-34-31-42-30-32-50-49-20-8-7-13-40(49)29-33-51(50)53(42)57-52/h1-36H. The van der Waals surface area contributed by atoms with Crippen molar-refractivity contribution in [2.75, 3.05) is 0 Å². The Morgan fingerprint density at radius 2 is 0.650 bits per heavy atom. The number of benzene rings is 9. The zero-order valence-corrected chi connectivity index (χ0v) is 32.6. The lowest BCUT2D eigenvalue weighted by atomic mass is 9.96. The molecule has 4 heteroatoms. The van der Waals surface area contributed by atoms with Gasteiger partial charge in [0.15, 0.2) is 17.5 Å². The van der Waals surface area contributed by atoms with Gasteiger partial charge in [0, 0.05) is 33.0 Å². The molecule has 0 saturated carbocycles. The molecule has 0 aliphatic carbocycles. The minimum atomic E-state index is 0.628. The summed E-state index contributed by atoms with van der Waals surface area (Å²) in [6.45, 7) is 0. The highest BCUT2D eigenvalue weighted by molar-refractivity contribution is 6.16. The second-order valence-electron chi connectivity index (χ2n) is 15.1. The van der Waals surface area contributed by atoms with Crippen molar-refractivity contribution in [1.29, 1.82) is 0 Å². The fraction of sp³-hybridized carbons (Fsp3) is 0. The van der Waals surface area contributed by atoms with E-state index in [-0.39, 0.29) is 0 Å². The highest BCUT2D eigenvalue weighted by Crippen LogP contribution is 2.34. The zero-order chi connectivity index (χ0) is 39.8. The van der Waals surface area contributed by atoms with Gasteiger partial charge in [0.05, 0.1) is 11.2 Å². The Morgan fingerprint density at radius 3 is 1.35 bits per heavy atom. The molecule has 0 aliphatic rings. The van der Waals surface area contributed by atoms with E-state index in [1.54, 1.807) is 0 Å². The number of hydrogen-bond acceptors (Lipinski definition) is 4.